The Hall–Kier alpha value is -1.72. The van der Waals surface area contributed by atoms with Gasteiger partial charge < -0.3 is 10.4 Å². The highest BCUT2D eigenvalue weighted by Crippen LogP contribution is 2.10. The molecule has 0 radical (unpaired) electrons. The molecule has 0 spiro atoms. The first-order chi connectivity index (χ1) is 8.97. The maximum atomic E-state index is 9.33. The van der Waals surface area contributed by atoms with E-state index in [0.717, 1.165) is 25.1 Å². The van der Waals surface area contributed by atoms with Crippen molar-refractivity contribution in [1.29, 1.82) is 0 Å². The molecular formula is C17H23NO. The van der Waals surface area contributed by atoms with Gasteiger partial charge in [0, 0.05) is 12.0 Å². The molecule has 0 fully saturated rings. The van der Waals surface area contributed by atoms with E-state index < -0.39 is 0 Å². The van der Waals surface area contributed by atoms with Crippen LogP contribution in [0.15, 0.2) is 36.4 Å². The zero-order chi connectivity index (χ0) is 14.1. The van der Waals surface area contributed by atoms with Crippen molar-refractivity contribution in [1.82, 2.24) is 5.32 Å². The molecule has 2 nitrogen and oxygen atoms in total. The molecular weight excluding hydrogens is 234 g/mol. The average Bonchev–Trinajstić information content (AvgIpc) is 2.31. The minimum absolute atomic E-state index is 0.0626. The molecule has 2 N–H and O–H groups in total. The molecule has 2 heteroatoms. The van der Waals surface area contributed by atoms with Crippen molar-refractivity contribution in [3.63, 3.8) is 0 Å². The highest BCUT2D eigenvalue weighted by atomic mass is 16.3. The van der Waals surface area contributed by atoms with Crippen LogP contribution in [0.4, 0.5) is 0 Å². The fourth-order valence-electron chi connectivity index (χ4n) is 1.51. The van der Waals surface area contributed by atoms with E-state index in [2.05, 4.69) is 37.9 Å². The second-order valence-electron chi connectivity index (χ2n) is 5.55. The van der Waals surface area contributed by atoms with Gasteiger partial charge in [-0.25, -0.2) is 0 Å². The predicted molar refractivity (Wildman–Crippen MR) is 81.1 cm³/mol. The molecule has 0 aliphatic carbocycles. The van der Waals surface area contributed by atoms with Crippen LogP contribution in [0.5, 0.6) is 5.75 Å². The second kappa shape index (κ2) is 7.66. The lowest BCUT2D eigenvalue weighted by Crippen LogP contribution is -2.16. The van der Waals surface area contributed by atoms with Crippen molar-refractivity contribution >= 4 is 0 Å². The first kappa shape index (κ1) is 15.3. The highest BCUT2D eigenvalue weighted by molar-refractivity contribution is 5.27. The molecule has 0 saturated carbocycles. The number of phenolic OH excluding ortho intramolecular Hbond substituents is 1. The van der Waals surface area contributed by atoms with E-state index in [0.29, 0.717) is 5.75 Å². The third-order valence-electron chi connectivity index (χ3n) is 2.41. The standard InChI is InChI=1S/C17H23NO/c1-17(2,3)11-5-4-6-12-18-13-10-15-8-7-9-16(19)14-15/h4,6-9,14,18-19H,10,12-13H2,1-3H3/b6-4+. The normalized spacial score (nSPS) is 11.3. The summed E-state index contributed by atoms with van der Waals surface area (Å²) in [5, 5.41) is 12.6. The first-order valence-corrected chi connectivity index (χ1v) is 6.64. The molecule has 0 bridgehead atoms. The average molecular weight is 257 g/mol. The smallest absolute Gasteiger partial charge is 0.115 e. The lowest BCUT2D eigenvalue weighted by Gasteiger charge is -2.05. The Bertz CT molecular complexity index is 472. The number of rotatable bonds is 5. The Balaban J connectivity index is 2.18. The summed E-state index contributed by atoms with van der Waals surface area (Å²) in [7, 11) is 0. The van der Waals surface area contributed by atoms with E-state index >= 15 is 0 Å². The SMILES string of the molecule is CC(C)(C)C#C/C=C/CNCCc1cccc(O)c1. The van der Waals surface area contributed by atoms with E-state index in [-0.39, 0.29) is 5.41 Å². The van der Waals surface area contributed by atoms with Crippen LogP contribution >= 0.6 is 0 Å². The van der Waals surface area contributed by atoms with E-state index in [1.165, 1.54) is 0 Å². The van der Waals surface area contributed by atoms with Crippen LogP contribution in [0.3, 0.4) is 0 Å². The summed E-state index contributed by atoms with van der Waals surface area (Å²) in [6.07, 6.45) is 4.84. The van der Waals surface area contributed by atoms with Crippen LogP contribution in [0, 0.1) is 17.3 Å². The van der Waals surface area contributed by atoms with E-state index in [9.17, 15) is 5.11 Å². The maximum absolute atomic E-state index is 9.33. The predicted octanol–water partition coefficient (Wildman–Crippen LogP) is 3.13. The van der Waals surface area contributed by atoms with Crippen molar-refractivity contribution in [2.45, 2.75) is 27.2 Å². The van der Waals surface area contributed by atoms with Crippen LogP contribution < -0.4 is 5.32 Å². The Morgan fingerprint density at radius 3 is 2.79 bits per heavy atom. The van der Waals surface area contributed by atoms with Crippen molar-refractivity contribution < 1.29 is 5.11 Å². The molecule has 1 rings (SSSR count). The van der Waals surface area contributed by atoms with Gasteiger partial charge in [-0.1, -0.05) is 30.0 Å². The van der Waals surface area contributed by atoms with Crippen LogP contribution in [-0.2, 0) is 6.42 Å². The number of allylic oxidation sites excluding steroid dienone is 1. The largest absolute Gasteiger partial charge is 0.508 e. The van der Waals surface area contributed by atoms with Gasteiger partial charge in [-0.15, -0.1) is 0 Å². The first-order valence-electron chi connectivity index (χ1n) is 6.64. The third-order valence-corrected chi connectivity index (χ3v) is 2.41. The number of benzene rings is 1. The monoisotopic (exact) mass is 257 g/mol. The summed E-state index contributed by atoms with van der Waals surface area (Å²) in [4.78, 5) is 0. The van der Waals surface area contributed by atoms with Crippen LogP contribution in [0.1, 0.15) is 26.3 Å². The quantitative estimate of drug-likeness (QED) is 0.627. The van der Waals surface area contributed by atoms with Crippen molar-refractivity contribution in [3.05, 3.63) is 42.0 Å². The number of aromatic hydroxyl groups is 1. The minimum Gasteiger partial charge on any atom is -0.508 e. The van der Waals surface area contributed by atoms with Crippen molar-refractivity contribution in [3.8, 4) is 17.6 Å². The van der Waals surface area contributed by atoms with E-state index in [1.54, 1.807) is 12.1 Å². The van der Waals surface area contributed by atoms with Crippen LogP contribution in [0.25, 0.3) is 0 Å². The Morgan fingerprint density at radius 2 is 2.11 bits per heavy atom. The molecule has 0 atom stereocenters. The van der Waals surface area contributed by atoms with Gasteiger partial charge in [-0.3, -0.25) is 0 Å². The van der Waals surface area contributed by atoms with Gasteiger partial charge in [-0.05, 0) is 57.5 Å². The summed E-state index contributed by atoms with van der Waals surface area (Å²) in [6, 6.07) is 7.37. The van der Waals surface area contributed by atoms with Gasteiger partial charge >= 0.3 is 0 Å². The van der Waals surface area contributed by atoms with Crippen molar-refractivity contribution in [2.75, 3.05) is 13.1 Å². The van der Waals surface area contributed by atoms with Gasteiger partial charge in [-0.2, -0.15) is 0 Å². The van der Waals surface area contributed by atoms with Gasteiger partial charge in [0.25, 0.3) is 0 Å². The molecule has 0 aromatic heterocycles. The number of hydrogen-bond donors (Lipinski definition) is 2. The molecule has 19 heavy (non-hydrogen) atoms. The lowest BCUT2D eigenvalue weighted by molar-refractivity contribution is 0.474. The summed E-state index contributed by atoms with van der Waals surface area (Å²) < 4.78 is 0. The zero-order valence-electron chi connectivity index (χ0n) is 12.0. The maximum Gasteiger partial charge on any atom is 0.115 e. The molecule has 0 heterocycles. The highest BCUT2D eigenvalue weighted by Gasteiger charge is 2.02. The Morgan fingerprint density at radius 1 is 1.32 bits per heavy atom. The van der Waals surface area contributed by atoms with E-state index in [1.807, 2.05) is 24.3 Å². The molecule has 0 unspecified atom stereocenters. The number of phenols is 1. The molecule has 0 aliphatic rings. The molecule has 1 aromatic rings. The van der Waals surface area contributed by atoms with Crippen molar-refractivity contribution in [2.24, 2.45) is 5.41 Å². The molecule has 0 saturated heterocycles. The number of nitrogens with one attached hydrogen (secondary N) is 1. The minimum atomic E-state index is 0.0626. The summed E-state index contributed by atoms with van der Waals surface area (Å²) >= 11 is 0. The van der Waals surface area contributed by atoms with Gasteiger partial charge in [0.15, 0.2) is 0 Å². The summed E-state index contributed by atoms with van der Waals surface area (Å²) in [5.74, 6) is 6.52. The Labute approximate surface area is 116 Å². The lowest BCUT2D eigenvalue weighted by atomic mass is 9.98. The summed E-state index contributed by atoms with van der Waals surface area (Å²) in [5.41, 5.74) is 1.21. The van der Waals surface area contributed by atoms with E-state index in [4.69, 9.17) is 0 Å². The van der Waals surface area contributed by atoms with Gasteiger partial charge in [0.05, 0.1) is 0 Å². The fraction of sp³-hybridized carbons (Fsp3) is 0.412. The topological polar surface area (TPSA) is 32.3 Å². The molecule has 0 amide bonds. The third kappa shape index (κ3) is 8.07. The molecule has 1 aromatic carbocycles. The van der Waals surface area contributed by atoms with Crippen LogP contribution in [-0.4, -0.2) is 18.2 Å². The van der Waals surface area contributed by atoms with Crippen LogP contribution in [0.2, 0.25) is 0 Å². The Kier molecular flexibility index (Phi) is 6.18. The van der Waals surface area contributed by atoms with Gasteiger partial charge in [0.2, 0.25) is 0 Å². The zero-order valence-corrected chi connectivity index (χ0v) is 12.0. The molecule has 102 valence electrons. The number of hydrogen-bond acceptors (Lipinski definition) is 2. The van der Waals surface area contributed by atoms with Gasteiger partial charge in [0.1, 0.15) is 5.75 Å². The summed E-state index contributed by atoms with van der Waals surface area (Å²) in [6.45, 7) is 8.00. The second-order valence-corrected chi connectivity index (χ2v) is 5.55. The fourth-order valence-corrected chi connectivity index (χ4v) is 1.51. The molecule has 0 aliphatic heterocycles.